The van der Waals surface area contributed by atoms with E-state index in [1.807, 2.05) is 78.8 Å². The summed E-state index contributed by atoms with van der Waals surface area (Å²) >= 11 is 1.58. The first kappa shape index (κ1) is 16.3. The van der Waals surface area contributed by atoms with Crippen LogP contribution in [0.3, 0.4) is 0 Å². The average molecular weight is 337 g/mol. The van der Waals surface area contributed by atoms with Gasteiger partial charge in [0, 0.05) is 30.2 Å². The van der Waals surface area contributed by atoms with Crippen molar-refractivity contribution in [1.29, 1.82) is 0 Å². The van der Waals surface area contributed by atoms with Gasteiger partial charge in [-0.05, 0) is 30.5 Å². The molecule has 0 aliphatic rings. The molecule has 5 heteroatoms. The van der Waals surface area contributed by atoms with Crippen LogP contribution in [0, 0.1) is 0 Å². The number of benzene rings is 2. The van der Waals surface area contributed by atoms with Crippen molar-refractivity contribution in [1.82, 2.24) is 14.7 Å². The van der Waals surface area contributed by atoms with Gasteiger partial charge >= 0.3 is 0 Å². The lowest BCUT2D eigenvalue weighted by molar-refractivity contribution is 0.0781. The summed E-state index contributed by atoms with van der Waals surface area (Å²) in [5.41, 5.74) is 2.74. The van der Waals surface area contributed by atoms with Crippen LogP contribution in [0.15, 0.2) is 71.9 Å². The maximum absolute atomic E-state index is 12.7. The van der Waals surface area contributed by atoms with E-state index in [2.05, 4.69) is 5.10 Å². The molecule has 0 spiro atoms. The molecule has 0 saturated carbocycles. The Balaban J connectivity index is 1.74. The molecule has 0 unspecified atom stereocenters. The van der Waals surface area contributed by atoms with E-state index >= 15 is 0 Å². The normalized spacial score (nSPS) is 10.6. The summed E-state index contributed by atoms with van der Waals surface area (Å²) in [5, 5.41) is 4.38. The Morgan fingerprint density at radius 2 is 1.83 bits per heavy atom. The van der Waals surface area contributed by atoms with E-state index in [9.17, 15) is 4.79 Å². The molecule has 3 rings (SSSR count). The summed E-state index contributed by atoms with van der Waals surface area (Å²) < 4.78 is 1.82. The fourth-order valence-corrected chi connectivity index (χ4v) is 3.13. The van der Waals surface area contributed by atoms with Gasteiger partial charge < -0.3 is 4.90 Å². The predicted molar refractivity (Wildman–Crippen MR) is 97.6 cm³/mol. The van der Waals surface area contributed by atoms with Crippen LogP contribution in [0.1, 0.15) is 15.9 Å². The maximum Gasteiger partial charge on any atom is 0.255 e. The van der Waals surface area contributed by atoms with Crippen molar-refractivity contribution >= 4 is 17.7 Å². The van der Waals surface area contributed by atoms with Crippen molar-refractivity contribution in [2.75, 3.05) is 13.3 Å². The van der Waals surface area contributed by atoms with Crippen LogP contribution in [0.2, 0.25) is 0 Å². The Morgan fingerprint density at radius 3 is 2.58 bits per heavy atom. The van der Waals surface area contributed by atoms with Crippen molar-refractivity contribution in [2.45, 2.75) is 11.4 Å². The fraction of sp³-hybridized carbons (Fsp3) is 0.158. The Bertz CT molecular complexity index is 829. The minimum atomic E-state index is 0.0208. The third-order valence-corrected chi connectivity index (χ3v) is 4.56. The molecule has 24 heavy (non-hydrogen) atoms. The molecule has 0 atom stereocenters. The number of para-hydroxylation sites is 1. The molecule has 4 nitrogen and oxygen atoms in total. The Kier molecular flexibility index (Phi) is 5.01. The highest BCUT2D eigenvalue weighted by atomic mass is 32.2. The molecule has 0 aliphatic heterocycles. The smallest absolute Gasteiger partial charge is 0.255 e. The number of carbonyl (C=O) groups is 1. The van der Waals surface area contributed by atoms with E-state index in [0.717, 1.165) is 21.7 Å². The van der Waals surface area contributed by atoms with Gasteiger partial charge in [0.15, 0.2) is 0 Å². The topological polar surface area (TPSA) is 38.1 Å². The van der Waals surface area contributed by atoms with Crippen LogP contribution >= 0.6 is 11.8 Å². The number of hydrogen-bond donors (Lipinski definition) is 0. The van der Waals surface area contributed by atoms with E-state index in [1.165, 1.54) is 0 Å². The zero-order valence-electron chi connectivity index (χ0n) is 13.7. The monoisotopic (exact) mass is 337 g/mol. The molecule has 1 amide bonds. The second kappa shape index (κ2) is 7.36. The highest BCUT2D eigenvalue weighted by Crippen LogP contribution is 2.21. The van der Waals surface area contributed by atoms with E-state index in [1.54, 1.807) is 22.9 Å². The minimum absolute atomic E-state index is 0.0208. The highest BCUT2D eigenvalue weighted by molar-refractivity contribution is 7.98. The standard InChI is InChI=1S/C19H19N3OS/c1-21(19(23)17-10-6-7-11-18(17)24-2)13-15-12-20-22(14-15)16-8-4-3-5-9-16/h3-12,14H,13H2,1-2H3. The second-order valence-electron chi connectivity index (χ2n) is 5.49. The van der Waals surface area contributed by atoms with E-state index in [4.69, 9.17) is 0 Å². The van der Waals surface area contributed by atoms with Gasteiger partial charge in [0.1, 0.15) is 0 Å². The minimum Gasteiger partial charge on any atom is -0.337 e. The molecule has 0 bridgehead atoms. The van der Waals surface area contributed by atoms with Gasteiger partial charge in [0.2, 0.25) is 0 Å². The third-order valence-electron chi connectivity index (χ3n) is 3.76. The zero-order valence-corrected chi connectivity index (χ0v) is 14.5. The largest absolute Gasteiger partial charge is 0.337 e. The number of hydrogen-bond acceptors (Lipinski definition) is 3. The first-order chi connectivity index (χ1) is 11.7. The average Bonchev–Trinajstić information content (AvgIpc) is 3.10. The number of carbonyl (C=O) groups excluding carboxylic acids is 1. The quantitative estimate of drug-likeness (QED) is 0.664. The first-order valence-corrected chi connectivity index (χ1v) is 8.89. The SMILES string of the molecule is CSc1ccccc1C(=O)N(C)Cc1cnn(-c2ccccc2)c1. The van der Waals surface area contributed by atoms with Crippen LogP contribution in [0.25, 0.3) is 5.69 Å². The molecule has 122 valence electrons. The molecular formula is C19H19N3OS. The number of rotatable bonds is 5. The van der Waals surface area contributed by atoms with Gasteiger partial charge in [-0.1, -0.05) is 30.3 Å². The van der Waals surface area contributed by atoms with Crippen LogP contribution in [-0.4, -0.2) is 33.9 Å². The predicted octanol–water partition coefficient (Wildman–Crippen LogP) is 3.87. The van der Waals surface area contributed by atoms with Gasteiger partial charge in [-0.15, -0.1) is 11.8 Å². The summed E-state index contributed by atoms with van der Waals surface area (Å²) in [5.74, 6) is 0.0208. The van der Waals surface area contributed by atoms with E-state index in [0.29, 0.717) is 6.54 Å². The van der Waals surface area contributed by atoms with E-state index < -0.39 is 0 Å². The van der Waals surface area contributed by atoms with Crippen molar-refractivity contribution in [2.24, 2.45) is 0 Å². The Morgan fingerprint density at radius 1 is 1.12 bits per heavy atom. The summed E-state index contributed by atoms with van der Waals surface area (Å²) in [4.78, 5) is 15.4. The van der Waals surface area contributed by atoms with Gasteiger partial charge in [0.25, 0.3) is 5.91 Å². The summed E-state index contributed by atoms with van der Waals surface area (Å²) in [6.07, 6.45) is 5.74. The second-order valence-corrected chi connectivity index (χ2v) is 6.34. The summed E-state index contributed by atoms with van der Waals surface area (Å²) in [6, 6.07) is 17.6. The van der Waals surface area contributed by atoms with Gasteiger partial charge in [-0.3, -0.25) is 4.79 Å². The van der Waals surface area contributed by atoms with Crippen molar-refractivity contribution in [3.8, 4) is 5.69 Å². The molecule has 0 saturated heterocycles. The molecule has 3 aromatic rings. The van der Waals surface area contributed by atoms with Crippen LogP contribution in [0.5, 0.6) is 0 Å². The van der Waals surface area contributed by atoms with Crippen LogP contribution < -0.4 is 0 Å². The molecule has 0 radical (unpaired) electrons. The number of thioether (sulfide) groups is 1. The molecule has 1 aromatic heterocycles. The van der Waals surface area contributed by atoms with Crippen molar-refractivity contribution in [3.05, 3.63) is 78.1 Å². The molecule has 1 heterocycles. The molecular weight excluding hydrogens is 318 g/mol. The molecule has 0 aliphatic carbocycles. The van der Waals surface area contributed by atoms with Gasteiger partial charge in [0.05, 0.1) is 17.4 Å². The molecule has 2 aromatic carbocycles. The van der Waals surface area contributed by atoms with Crippen molar-refractivity contribution < 1.29 is 4.79 Å². The first-order valence-electron chi connectivity index (χ1n) is 7.66. The number of nitrogens with zero attached hydrogens (tertiary/aromatic N) is 3. The highest BCUT2D eigenvalue weighted by Gasteiger charge is 2.16. The van der Waals surface area contributed by atoms with E-state index in [-0.39, 0.29) is 5.91 Å². The fourth-order valence-electron chi connectivity index (χ4n) is 2.54. The van der Waals surface area contributed by atoms with Crippen molar-refractivity contribution in [3.63, 3.8) is 0 Å². The lowest BCUT2D eigenvalue weighted by atomic mass is 10.2. The Hall–Kier alpha value is -2.53. The summed E-state index contributed by atoms with van der Waals surface area (Å²) in [7, 11) is 1.82. The Labute approximate surface area is 146 Å². The third kappa shape index (κ3) is 3.51. The molecule has 0 N–H and O–H groups in total. The molecule has 0 fully saturated rings. The maximum atomic E-state index is 12.7. The number of amides is 1. The lowest BCUT2D eigenvalue weighted by Gasteiger charge is -2.17. The van der Waals surface area contributed by atoms with Gasteiger partial charge in [-0.25, -0.2) is 4.68 Å². The van der Waals surface area contributed by atoms with Crippen LogP contribution in [-0.2, 0) is 6.54 Å². The van der Waals surface area contributed by atoms with Gasteiger partial charge in [-0.2, -0.15) is 5.10 Å². The van der Waals surface area contributed by atoms with Crippen LogP contribution in [0.4, 0.5) is 0 Å². The summed E-state index contributed by atoms with van der Waals surface area (Å²) in [6.45, 7) is 0.522. The number of aromatic nitrogens is 2. The zero-order chi connectivity index (χ0) is 16.9. The lowest BCUT2D eigenvalue weighted by Crippen LogP contribution is -2.26.